The second-order valence-electron chi connectivity index (χ2n) is 3.04. The lowest BCUT2D eigenvalue weighted by molar-refractivity contribution is 0.123. The lowest BCUT2D eigenvalue weighted by Crippen LogP contribution is -2.31. The molecule has 0 heterocycles. The molecule has 0 amide bonds. The molecule has 0 aliphatic carbocycles. The van der Waals surface area contributed by atoms with Crippen LogP contribution in [0.2, 0.25) is 5.02 Å². The number of hydrogen-bond acceptors (Lipinski definition) is 3. The van der Waals surface area contributed by atoms with Gasteiger partial charge in [0.2, 0.25) is 0 Å². The number of nitrogens with one attached hydrogen (secondary N) is 1. The summed E-state index contributed by atoms with van der Waals surface area (Å²) >= 11 is 9.47. The van der Waals surface area contributed by atoms with Crippen molar-refractivity contribution in [3.8, 4) is 0 Å². The van der Waals surface area contributed by atoms with Crippen molar-refractivity contribution >= 4 is 27.5 Å². The van der Waals surface area contributed by atoms with Crippen molar-refractivity contribution in [2.24, 2.45) is 5.84 Å². The largest absolute Gasteiger partial charge is 0.380 e. The van der Waals surface area contributed by atoms with Gasteiger partial charge in [0.1, 0.15) is 0 Å². The number of halogens is 2. The van der Waals surface area contributed by atoms with E-state index < -0.39 is 0 Å². The van der Waals surface area contributed by atoms with E-state index in [2.05, 4.69) is 21.4 Å². The first kappa shape index (κ1) is 12.9. The van der Waals surface area contributed by atoms with Gasteiger partial charge in [0.25, 0.3) is 0 Å². The summed E-state index contributed by atoms with van der Waals surface area (Å²) in [5.74, 6) is 5.46. The van der Waals surface area contributed by atoms with Crippen LogP contribution in [0.25, 0.3) is 0 Å². The third-order valence-corrected chi connectivity index (χ3v) is 2.86. The van der Waals surface area contributed by atoms with Crippen LogP contribution in [0.1, 0.15) is 18.5 Å². The summed E-state index contributed by atoms with van der Waals surface area (Å²) in [6.07, 6.45) is 0. The Kier molecular flexibility index (Phi) is 5.56. The van der Waals surface area contributed by atoms with E-state index in [1.165, 1.54) is 0 Å². The fraction of sp³-hybridized carbons (Fsp3) is 0.400. The summed E-state index contributed by atoms with van der Waals surface area (Å²) < 4.78 is 6.29. The zero-order valence-electron chi connectivity index (χ0n) is 8.47. The zero-order valence-corrected chi connectivity index (χ0v) is 10.8. The van der Waals surface area contributed by atoms with Crippen molar-refractivity contribution in [1.82, 2.24) is 5.43 Å². The maximum atomic E-state index is 6.08. The molecule has 0 radical (unpaired) electrons. The molecule has 1 aromatic rings. The molecule has 1 atom stereocenters. The van der Waals surface area contributed by atoms with Crippen molar-refractivity contribution in [2.75, 3.05) is 13.2 Å². The van der Waals surface area contributed by atoms with E-state index in [0.29, 0.717) is 18.2 Å². The summed E-state index contributed by atoms with van der Waals surface area (Å²) in [4.78, 5) is 0. The number of nitrogens with two attached hydrogens (primary N) is 1. The van der Waals surface area contributed by atoms with Crippen molar-refractivity contribution in [3.63, 3.8) is 0 Å². The predicted octanol–water partition coefficient (Wildman–Crippen LogP) is 2.64. The second-order valence-corrected chi connectivity index (χ2v) is 4.37. The van der Waals surface area contributed by atoms with E-state index in [0.717, 1.165) is 10.0 Å². The molecule has 0 saturated carbocycles. The minimum Gasteiger partial charge on any atom is -0.380 e. The molecular formula is C10H14BrClN2O. The van der Waals surface area contributed by atoms with Gasteiger partial charge in [0.15, 0.2) is 0 Å². The standard InChI is InChI=1S/C10H14BrClN2O/c1-2-15-6-10(14-13)8-5-7(11)3-4-9(8)12/h3-5,10,14H,2,6,13H2,1H3. The lowest BCUT2D eigenvalue weighted by Gasteiger charge is -2.17. The molecule has 5 heteroatoms. The van der Waals surface area contributed by atoms with Gasteiger partial charge in [-0.1, -0.05) is 27.5 Å². The van der Waals surface area contributed by atoms with Crippen molar-refractivity contribution in [3.05, 3.63) is 33.3 Å². The Morgan fingerprint density at radius 3 is 2.93 bits per heavy atom. The molecule has 1 unspecified atom stereocenters. The number of benzene rings is 1. The van der Waals surface area contributed by atoms with Crippen LogP contribution in [0.4, 0.5) is 0 Å². The van der Waals surface area contributed by atoms with Gasteiger partial charge in [-0.05, 0) is 30.7 Å². The van der Waals surface area contributed by atoms with Crippen LogP contribution in [0.3, 0.4) is 0 Å². The van der Waals surface area contributed by atoms with Crippen LogP contribution in [0.5, 0.6) is 0 Å². The Bertz CT molecular complexity index is 322. The van der Waals surface area contributed by atoms with E-state index in [4.69, 9.17) is 22.2 Å². The Morgan fingerprint density at radius 2 is 2.33 bits per heavy atom. The highest BCUT2D eigenvalue weighted by atomic mass is 79.9. The summed E-state index contributed by atoms with van der Waals surface area (Å²) in [6, 6.07) is 5.57. The summed E-state index contributed by atoms with van der Waals surface area (Å²) in [5, 5.41) is 0.681. The molecule has 84 valence electrons. The predicted molar refractivity (Wildman–Crippen MR) is 65.7 cm³/mol. The molecule has 1 aromatic carbocycles. The molecule has 0 aliphatic rings. The van der Waals surface area contributed by atoms with Crippen molar-refractivity contribution < 1.29 is 4.74 Å². The maximum Gasteiger partial charge on any atom is 0.0708 e. The Balaban J connectivity index is 2.85. The summed E-state index contributed by atoms with van der Waals surface area (Å²) in [7, 11) is 0. The van der Waals surface area contributed by atoms with E-state index in [1.807, 2.05) is 25.1 Å². The molecule has 15 heavy (non-hydrogen) atoms. The fourth-order valence-corrected chi connectivity index (χ4v) is 1.87. The smallest absolute Gasteiger partial charge is 0.0708 e. The van der Waals surface area contributed by atoms with E-state index in [1.54, 1.807) is 0 Å². The van der Waals surface area contributed by atoms with Gasteiger partial charge in [-0.25, -0.2) is 0 Å². The van der Waals surface area contributed by atoms with Gasteiger partial charge in [0, 0.05) is 16.1 Å². The first-order valence-corrected chi connectivity index (χ1v) is 5.85. The molecule has 1 rings (SSSR count). The number of hydrogen-bond donors (Lipinski definition) is 2. The van der Waals surface area contributed by atoms with Gasteiger partial charge in [-0.3, -0.25) is 11.3 Å². The molecule has 0 fully saturated rings. The highest BCUT2D eigenvalue weighted by molar-refractivity contribution is 9.10. The maximum absolute atomic E-state index is 6.08. The van der Waals surface area contributed by atoms with Crippen molar-refractivity contribution in [2.45, 2.75) is 13.0 Å². The van der Waals surface area contributed by atoms with E-state index in [-0.39, 0.29) is 6.04 Å². The molecule has 0 bridgehead atoms. The average molecular weight is 294 g/mol. The van der Waals surface area contributed by atoms with E-state index in [9.17, 15) is 0 Å². The fourth-order valence-electron chi connectivity index (χ4n) is 1.25. The van der Waals surface area contributed by atoms with Gasteiger partial charge in [-0.2, -0.15) is 0 Å². The monoisotopic (exact) mass is 292 g/mol. The normalized spacial score (nSPS) is 12.8. The lowest BCUT2D eigenvalue weighted by atomic mass is 10.1. The Hall–Kier alpha value is -0.130. The number of ether oxygens (including phenoxy) is 1. The average Bonchev–Trinajstić information content (AvgIpc) is 2.24. The van der Waals surface area contributed by atoms with Crippen LogP contribution in [0, 0.1) is 0 Å². The summed E-state index contributed by atoms with van der Waals surface area (Å²) in [6.45, 7) is 3.10. The highest BCUT2D eigenvalue weighted by Gasteiger charge is 2.13. The first-order valence-electron chi connectivity index (χ1n) is 4.67. The quantitative estimate of drug-likeness (QED) is 0.648. The molecular weight excluding hydrogens is 279 g/mol. The highest BCUT2D eigenvalue weighted by Crippen LogP contribution is 2.26. The minimum atomic E-state index is -0.0880. The Labute approximate surface area is 103 Å². The molecule has 0 saturated heterocycles. The first-order chi connectivity index (χ1) is 7.19. The van der Waals surface area contributed by atoms with Crippen LogP contribution in [-0.2, 0) is 4.74 Å². The molecule has 0 spiro atoms. The number of hydrazine groups is 1. The van der Waals surface area contributed by atoms with Gasteiger partial charge in [0.05, 0.1) is 12.6 Å². The number of rotatable bonds is 5. The minimum absolute atomic E-state index is 0.0880. The molecule has 0 aromatic heterocycles. The van der Waals surface area contributed by atoms with E-state index >= 15 is 0 Å². The Morgan fingerprint density at radius 1 is 1.60 bits per heavy atom. The summed E-state index contributed by atoms with van der Waals surface area (Å²) in [5.41, 5.74) is 3.62. The SMILES string of the molecule is CCOCC(NN)c1cc(Br)ccc1Cl. The van der Waals surface area contributed by atoms with Crippen LogP contribution in [-0.4, -0.2) is 13.2 Å². The van der Waals surface area contributed by atoms with Crippen LogP contribution in [0.15, 0.2) is 22.7 Å². The third kappa shape index (κ3) is 3.74. The van der Waals surface area contributed by atoms with Gasteiger partial charge in [-0.15, -0.1) is 0 Å². The van der Waals surface area contributed by atoms with Gasteiger partial charge >= 0.3 is 0 Å². The van der Waals surface area contributed by atoms with Crippen LogP contribution >= 0.6 is 27.5 Å². The second kappa shape index (κ2) is 6.45. The van der Waals surface area contributed by atoms with Crippen molar-refractivity contribution in [1.29, 1.82) is 0 Å². The molecule has 3 nitrogen and oxygen atoms in total. The van der Waals surface area contributed by atoms with Crippen LogP contribution < -0.4 is 11.3 Å². The molecule has 0 aliphatic heterocycles. The zero-order chi connectivity index (χ0) is 11.3. The topological polar surface area (TPSA) is 47.3 Å². The molecule has 3 N–H and O–H groups in total. The van der Waals surface area contributed by atoms with Gasteiger partial charge < -0.3 is 4.74 Å². The third-order valence-electron chi connectivity index (χ3n) is 2.02.